The minimum absolute atomic E-state index is 0.0853. The summed E-state index contributed by atoms with van der Waals surface area (Å²) in [6.07, 6.45) is 3.84. The highest BCUT2D eigenvalue weighted by molar-refractivity contribution is 7.16. The largest absolute Gasteiger partial charge is 0.375 e. The van der Waals surface area contributed by atoms with Crippen LogP contribution in [0, 0.1) is 0 Å². The molecule has 2 unspecified atom stereocenters. The number of ether oxygens (including phenoxy) is 1. The second-order valence-electron chi connectivity index (χ2n) is 5.36. The lowest BCUT2D eigenvalue weighted by atomic mass is 10.1. The van der Waals surface area contributed by atoms with Crippen LogP contribution in [-0.2, 0) is 16.1 Å². The second kappa shape index (κ2) is 6.43. The van der Waals surface area contributed by atoms with Crippen LogP contribution in [0.3, 0.4) is 0 Å². The minimum Gasteiger partial charge on any atom is -0.375 e. The first-order valence-electron chi connectivity index (χ1n) is 7.09. The number of carbonyl (C=O) groups is 1. The van der Waals surface area contributed by atoms with Crippen molar-refractivity contribution < 1.29 is 9.53 Å². The van der Waals surface area contributed by atoms with E-state index in [1.54, 1.807) is 0 Å². The quantitative estimate of drug-likeness (QED) is 0.927. The van der Waals surface area contributed by atoms with Crippen LogP contribution < -0.4 is 5.32 Å². The van der Waals surface area contributed by atoms with Gasteiger partial charge in [0.05, 0.1) is 30.1 Å². The van der Waals surface area contributed by atoms with Crippen molar-refractivity contribution in [2.45, 2.75) is 38.0 Å². The molecule has 1 aromatic heterocycles. The van der Waals surface area contributed by atoms with Gasteiger partial charge in [-0.15, -0.1) is 11.3 Å². The first-order valence-corrected chi connectivity index (χ1v) is 8.28. The van der Waals surface area contributed by atoms with E-state index in [9.17, 15) is 4.79 Å². The van der Waals surface area contributed by atoms with Crippen LogP contribution in [0.4, 0.5) is 0 Å². The fourth-order valence-corrected chi connectivity index (χ4v) is 4.10. The Kier molecular flexibility index (Phi) is 4.61. The Morgan fingerprint density at radius 1 is 1.50 bits per heavy atom. The van der Waals surface area contributed by atoms with E-state index in [4.69, 9.17) is 16.3 Å². The Labute approximate surface area is 128 Å². The first-order chi connectivity index (χ1) is 9.72. The van der Waals surface area contributed by atoms with Crippen molar-refractivity contribution in [3.05, 3.63) is 21.3 Å². The third-order valence-corrected chi connectivity index (χ3v) is 5.26. The maximum atomic E-state index is 12.1. The Hall–Kier alpha value is -0.620. The zero-order valence-corrected chi connectivity index (χ0v) is 12.9. The molecule has 1 aromatic rings. The molecule has 4 nitrogen and oxygen atoms in total. The molecule has 2 atom stereocenters. The van der Waals surface area contributed by atoms with Crippen LogP contribution in [0.25, 0.3) is 0 Å². The van der Waals surface area contributed by atoms with Gasteiger partial charge in [0.1, 0.15) is 0 Å². The van der Waals surface area contributed by atoms with Gasteiger partial charge in [0.15, 0.2) is 0 Å². The van der Waals surface area contributed by atoms with E-state index < -0.39 is 0 Å². The van der Waals surface area contributed by atoms with Crippen LogP contribution in [0.1, 0.15) is 24.1 Å². The molecule has 6 heteroatoms. The molecule has 1 aliphatic carbocycles. The van der Waals surface area contributed by atoms with Gasteiger partial charge in [-0.25, -0.2) is 0 Å². The fourth-order valence-electron chi connectivity index (χ4n) is 3.07. The maximum Gasteiger partial charge on any atom is 0.234 e. The molecule has 0 spiro atoms. The van der Waals surface area contributed by atoms with Crippen LogP contribution >= 0.6 is 22.9 Å². The number of nitrogens with one attached hydrogen (secondary N) is 1. The number of nitrogens with zero attached hydrogens (tertiary/aromatic N) is 1. The van der Waals surface area contributed by atoms with Gasteiger partial charge in [0.2, 0.25) is 5.91 Å². The van der Waals surface area contributed by atoms with Gasteiger partial charge in [0, 0.05) is 17.5 Å². The molecule has 0 bridgehead atoms. The lowest BCUT2D eigenvalue weighted by Gasteiger charge is -2.37. The molecule has 0 aromatic carbocycles. The number of thiophene rings is 1. The summed E-state index contributed by atoms with van der Waals surface area (Å²) >= 11 is 7.38. The van der Waals surface area contributed by atoms with Gasteiger partial charge in [-0.2, -0.15) is 0 Å². The fraction of sp³-hybridized carbons (Fsp3) is 0.643. The van der Waals surface area contributed by atoms with Crippen molar-refractivity contribution in [1.82, 2.24) is 10.2 Å². The number of hydrogen-bond donors (Lipinski definition) is 1. The van der Waals surface area contributed by atoms with E-state index in [2.05, 4.69) is 10.2 Å². The number of morpholine rings is 1. The smallest absolute Gasteiger partial charge is 0.234 e. The van der Waals surface area contributed by atoms with Crippen LogP contribution in [0.5, 0.6) is 0 Å². The summed E-state index contributed by atoms with van der Waals surface area (Å²) in [5.74, 6) is 0.0853. The molecule has 1 N–H and O–H groups in total. The third kappa shape index (κ3) is 3.34. The van der Waals surface area contributed by atoms with Crippen molar-refractivity contribution in [2.24, 2.45) is 0 Å². The van der Waals surface area contributed by atoms with Crippen molar-refractivity contribution >= 4 is 28.8 Å². The predicted molar refractivity (Wildman–Crippen MR) is 80.1 cm³/mol. The Balaban J connectivity index is 1.48. The van der Waals surface area contributed by atoms with E-state index in [1.807, 2.05) is 12.1 Å². The molecule has 2 aliphatic rings. The summed E-state index contributed by atoms with van der Waals surface area (Å²) in [6, 6.07) is 4.25. The summed E-state index contributed by atoms with van der Waals surface area (Å²) in [4.78, 5) is 15.4. The van der Waals surface area contributed by atoms with Crippen molar-refractivity contribution in [2.75, 3.05) is 19.7 Å². The maximum absolute atomic E-state index is 12.1. The number of rotatable bonds is 4. The lowest BCUT2D eigenvalue weighted by Crippen LogP contribution is -2.51. The summed E-state index contributed by atoms with van der Waals surface area (Å²) in [5.41, 5.74) is 0. The molecule has 20 heavy (non-hydrogen) atoms. The van der Waals surface area contributed by atoms with Crippen LogP contribution in [-0.4, -0.2) is 42.6 Å². The van der Waals surface area contributed by atoms with Gasteiger partial charge in [0.25, 0.3) is 0 Å². The molecular formula is C14H19ClN2O2S. The first kappa shape index (κ1) is 14.3. The van der Waals surface area contributed by atoms with Crippen LogP contribution in [0.2, 0.25) is 4.34 Å². The molecule has 2 fully saturated rings. The van der Waals surface area contributed by atoms with Gasteiger partial charge in [-0.3, -0.25) is 9.69 Å². The molecule has 110 valence electrons. The number of carbonyl (C=O) groups excluding carboxylic acids is 1. The Bertz CT molecular complexity index is 479. The van der Waals surface area contributed by atoms with E-state index in [1.165, 1.54) is 17.8 Å². The zero-order valence-electron chi connectivity index (χ0n) is 11.3. The Morgan fingerprint density at radius 2 is 2.40 bits per heavy atom. The standard InChI is InChI=1S/C14H19ClN2O2S/c15-13-5-4-10(20-13)8-16-14(18)9-17-6-7-19-12-3-1-2-11(12)17/h4-5,11-12H,1-3,6-9H2,(H,16,18). The van der Waals surface area contributed by atoms with Crippen molar-refractivity contribution in [3.8, 4) is 0 Å². The van der Waals surface area contributed by atoms with Gasteiger partial charge in [-0.1, -0.05) is 11.6 Å². The molecule has 2 heterocycles. The highest BCUT2D eigenvalue weighted by Gasteiger charge is 2.36. The summed E-state index contributed by atoms with van der Waals surface area (Å²) in [7, 11) is 0. The van der Waals surface area contributed by atoms with Crippen LogP contribution in [0.15, 0.2) is 12.1 Å². The minimum atomic E-state index is 0.0853. The Morgan fingerprint density at radius 3 is 3.20 bits per heavy atom. The van der Waals surface area contributed by atoms with E-state index in [0.717, 1.165) is 35.2 Å². The van der Waals surface area contributed by atoms with E-state index in [0.29, 0.717) is 25.2 Å². The average molecular weight is 315 g/mol. The average Bonchev–Trinajstić information content (AvgIpc) is 3.05. The van der Waals surface area contributed by atoms with Gasteiger partial charge < -0.3 is 10.1 Å². The molecule has 3 rings (SSSR count). The molecule has 0 radical (unpaired) electrons. The predicted octanol–water partition coefficient (Wildman–Crippen LogP) is 2.27. The zero-order chi connectivity index (χ0) is 13.9. The number of amides is 1. The molecule has 1 aliphatic heterocycles. The second-order valence-corrected chi connectivity index (χ2v) is 7.16. The molecular weight excluding hydrogens is 296 g/mol. The normalized spacial score (nSPS) is 26.4. The highest BCUT2D eigenvalue weighted by Crippen LogP contribution is 2.29. The SMILES string of the molecule is O=C(CN1CCOC2CCCC21)NCc1ccc(Cl)s1. The summed E-state index contributed by atoms with van der Waals surface area (Å²) in [5, 5.41) is 2.97. The molecule has 1 saturated heterocycles. The third-order valence-electron chi connectivity index (χ3n) is 4.03. The highest BCUT2D eigenvalue weighted by atomic mass is 35.5. The lowest BCUT2D eigenvalue weighted by molar-refractivity contribution is -0.126. The number of hydrogen-bond acceptors (Lipinski definition) is 4. The van der Waals surface area contributed by atoms with Crippen molar-refractivity contribution in [1.29, 1.82) is 0 Å². The topological polar surface area (TPSA) is 41.6 Å². The molecule has 1 amide bonds. The summed E-state index contributed by atoms with van der Waals surface area (Å²) in [6.45, 7) is 2.65. The van der Waals surface area contributed by atoms with E-state index in [-0.39, 0.29) is 5.91 Å². The van der Waals surface area contributed by atoms with Crippen molar-refractivity contribution in [3.63, 3.8) is 0 Å². The molecule has 1 saturated carbocycles. The monoisotopic (exact) mass is 314 g/mol. The van der Waals surface area contributed by atoms with Gasteiger partial charge in [-0.05, 0) is 31.4 Å². The van der Waals surface area contributed by atoms with Gasteiger partial charge >= 0.3 is 0 Å². The number of halogens is 1. The number of fused-ring (bicyclic) bond motifs is 1. The summed E-state index contributed by atoms with van der Waals surface area (Å²) < 4.78 is 6.52. The van der Waals surface area contributed by atoms with E-state index >= 15 is 0 Å².